The van der Waals surface area contributed by atoms with E-state index in [1.54, 1.807) is 6.92 Å². The Morgan fingerprint density at radius 3 is 2.37 bits per heavy atom. The van der Waals surface area contributed by atoms with E-state index in [1.165, 1.54) is 0 Å². The molecule has 0 bridgehead atoms. The molecule has 0 spiro atoms. The normalized spacial score (nSPS) is 11.5. The van der Waals surface area contributed by atoms with E-state index in [0.717, 1.165) is 53.9 Å². The first kappa shape index (κ1) is 16.3. The number of carbonyl (C=O) groups excluding carboxylic acids is 1. The second kappa shape index (κ2) is 6.07. The number of Topliss-reactive ketones (excluding diaryl/α,β-unsaturated/α-hetero) is 1. The highest BCUT2D eigenvalue weighted by molar-refractivity contribution is 9.10. The van der Waals surface area contributed by atoms with E-state index in [9.17, 15) is 4.79 Å². The molecule has 0 saturated carbocycles. The van der Waals surface area contributed by atoms with Crippen LogP contribution in [0, 0.1) is 0 Å². The molecule has 0 radical (unpaired) electrons. The van der Waals surface area contributed by atoms with Gasteiger partial charge in [0.1, 0.15) is 11.2 Å². The number of halogens is 1. The molecule has 2 nitrogen and oxygen atoms in total. The van der Waals surface area contributed by atoms with Crippen molar-refractivity contribution in [2.45, 2.75) is 6.92 Å². The Bertz CT molecular complexity index is 1360. The zero-order valence-corrected chi connectivity index (χ0v) is 16.2. The van der Waals surface area contributed by atoms with Crippen molar-refractivity contribution in [2.24, 2.45) is 0 Å². The number of fused-ring (bicyclic) bond motifs is 5. The van der Waals surface area contributed by atoms with Crippen LogP contribution in [0.5, 0.6) is 0 Å². The van der Waals surface area contributed by atoms with E-state index in [0.29, 0.717) is 0 Å². The molecular weight excluding hydrogens is 400 g/mol. The lowest BCUT2D eigenvalue weighted by atomic mass is 9.96. The molecule has 1 aromatic heterocycles. The molecule has 0 unspecified atom stereocenters. The zero-order valence-electron chi connectivity index (χ0n) is 14.6. The van der Waals surface area contributed by atoms with Crippen LogP contribution >= 0.6 is 15.9 Å². The van der Waals surface area contributed by atoms with Crippen molar-refractivity contribution < 1.29 is 9.21 Å². The summed E-state index contributed by atoms with van der Waals surface area (Å²) in [5.41, 5.74) is 4.35. The summed E-state index contributed by atoms with van der Waals surface area (Å²) in [6.45, 7) is 1.60. The predicted molar refractivity (Wildman–Crippen MR) is 114 cm³/mol. The smallest absolute Gasteiger partial charge is 0.160 e. The summed E-state index contributed by atoms with van der Waals surface area (Å²) < 4.78 is 7.33. The maximum Gasteiger partial charge on any atom is 0.160 e. The van der Waals surface area contributed by atoms with Gasteiger partial charge in [-0.3, -0.25) is 4.79 Å². The fourth-order valence-corrected chi connectivity index (χ4v) is 4.34. The Morgan fingerprint density at radius 1 is 0.815 bits per heavy atom. The minimum Gasteiger partial charge on any atom is -0.455 e. The van der Waals surface area contributed by atoms with Crippen LogP contribution < -0.4 is 0 Å². The van der Waals surface area contributed by atoms with Gasteiger partial charge in [-0.05, 0) is 41.6 Å². The number of benzene rings is 4. The molecule has 4 aromatic carbocycles. The number of hydrogen-bond acceptors (Lipinski definition) is 2. The second-order valence-corrected chi connectivity index (χ2v) is 7.55. The first-order chi connectivity index (χ1) is 13.1. The predicted octanol–water partition coefficient (Wildman–Crippen LogP) is 7.37. The third-order valence-electron chi connectivity index (χ3n) is 5.05. The van der Waals surface area contributed by atoms with Crippen molar-refractivity contribution in [1.29, 1.82) is 0 Å². The summed E-state index contributed by atoms with van der Waals surface area (Å²) in [6, 6.07) is 24.2. The van der Waals surface area contributed by atoms with Gasteiger partial charge in [0.2, 0.25) is 0 Å². The quantitative estimate of drug-likeness (QED) is 0.282. The molecule has 0 aliphatic heterocycles. The van der Waals surface area contributed by atoms with E-state index in [-0.39, 0.29) is 5.78 Å². The molecule has 0 aliphatic rings. The highest BCUT2D eigenvalue weighted by Crippen LogP contribution is 2.39. The average molecular weight is 415 g/mol. The van der Waals surface area contributed by atoms with Crippen molar-refractivity contribution in [3.05, 3.63) is 82.8 Å². The first-order valence-electron chi connectivity index (χ1n) is 8.77. The Balaban J connectivity index is 1.82. The van der Waals surface area contributed by atoms with Crippen molar-refractivity contribution in [2.75, 3.05) is 0 Å². The van der Waals surface area contributed by atoms with Crippen LogP contribution in [-0.4, -0.2) is 5.78 Å². The second-order valence-electron chi connectivity index (χ2n) is 6.70. The number of hydrogen-bond donors (Lipinski definition) is 0. The van der Waals surface area contributed by atoms with Crippen LogP contribution in [0.1, 0.15) is 17.3 Å². The third-order valence-corrected chi connectivity index (χ3v) is 5.70. The van der Waals surface area contributed by atoms with Crippen LogP contribution in [0.2, 0.25) is 0 Å². The molecule has 0 atom stereocenters. The van der Waals surface area contributed by atoms with Crippen molar-refractivity contribution in [1.82, 2.24) is 0 Å². The van der Waals surface area contributed by atoms with Crippen LogP contribution in [-0.2, 0) is 0 Å². The van der Waals surface area contributed by atoms with E-state index in [2.05, 4.69) is 46.3 Å². The van der Waals surface area contributed by atoms with Gasteiger partial charge in [0.15, 0.2) is 5.78 Å². The lowest BCUT2D eigenvalue weighted by Crippen LogP contribution is -1.95. The van der Waals surface area contributed by atoms with Crippen LogP contribution in [0.15, 0.2) is 81.7 Å². The van der Waals surface area contributed by atoms with Gasteiger partial charge in [0, 0.05) is 26.2 Å². The lowest BCUT2D eigenvalue weighted by Gasteiger charge is -2.06. The van der Waals surface area contributed by atoms with Gasteiger partial charge >= 0.3 is 0 Å². The first-order valence-corrected chi connectivity index (χ1v) is 9.56. The Morgan fingerprint density at radius 2 is 1.56 bits per heavy atom. The molecule has 1 heterocycles. The molecule has 0 aliphatic carbocycles. The molecule has 0 fully saturated rings. The van der Waals surface area contributed by atoms with Crippen LogP contribution in [0.4, 0.5) is 0 Å². The van der Waals surface area contributed by atoms with E-state index >= 15 is 0 Å². The molecular formula is C24H15BrO2. The number of furan rings is 1. The van der Waals surface area contributed by atoms with Gasteiger partial charge in [-0.15, -0.1) is 0 Å². The Labute approximate surface area is 164 Å². The SMILES string of the molecule is CC(=O)c1ccccc1-c1ccc2c(c1)oc1c3ccccc3c(Br)cc21. The molecule has 3 heteroatoms. The number of carbonyl (C=O) groups is 1. The monoisotopic (exact) mass is 414 g/mol. The minimum atomic E-state index is 0.0604. The van der Waals surface area contributed by atoms with E-state index < -0.39 is 0 Å². The van der Waals surface area contributed by atoms with Gasteiger partial charge in [0.05, 0.1) is 0 Å². The van der Waals surface area contributed by atoms with E-state index in [4.69, 9.17) is 4.42 Å². The van der Waals surface area contributed by atoms with E-state index in [1.807, 2.05) is 42.5 Å². The zero-order chi connectivity index (χ0) is 18.5. The Hall–Kier alpha value is -2.91. The highest BCUT2D eigenvalue weighted by Gasteiger charge is 2.15. The Kier molecular flexibility index (Phi) is 3.66. The number of ketones is 1. The molecule has 0 saturated heterocycles. The number of rotatable bonds is 2. The topological polar surface area (TPSA) is 30.2 Å². The molecule has 5 aromatic rings. The molecule has 27 heavy (non-hydrogen) atoms. The molecule has 130 valence electrons. The summed E-state index contributed by atoms with van der Waals surface area (Å²) in [4.78, 5) is 12.0. The molecule has 5 rings (SSSR count). The lowest BCUT2D eigenvalue weighted by molar-refractivity contribution is 0.101. The maximum absolute atomic E-state index is 12.0. The summed E-state index contributed by atoms with van der Waals surface area (Å²) in [5.74, 6) is 0.0604. The molecule has 0 amide bonds. The van der Waals surface area contributed by atoms with Gasteiger partial charge in [-0.2, -0.15) is 0 Å². The van der Waals surface area contributed by atoms with Gasteiger partial charge in [-0.25, -0.2) is 0 Å². The van der Waals surface area contributed by atoms with Crippen molar-refractivity contribution in [3.63, 3.8) is 0 Å². The fourth-order valence-electron chi connectivity index (χ4n) is 3.76. The summed E-state index contributed by atoms with van der Waals surface area (Å²) in [6.07, 6.45) is 0. The van der Waals surface area contributed by atoms with Gasteiger partial charge in [-0.1, -0.05) is 70.5 Å². The van der Waals surface area contributed by atoms with Crippen LogP contribution in [0.25, 0.3) is 43.8 Å². The van der Waals surface area contributed by atoms with Gasteiger partial charge in [0.25, 0.3) is 0 Å². The summed E-state index contributed by atoms with van der Waals surface area (Å²) in [5, 5.41) is 4.37. The summed E-state index contributed by atoms with van der Waals surface area (Å²) in [7, 11) is 0. The minimum absolute atomic E-state index is 0.0604. The van der Waals surface area contributed by atoms with Gasteiger partial charge < -0.3 is 4.42 Å². The highest BCUT2D eigenvalue weighted by atomic mass is 79.9. The third kappa shape index (κ3) is 2.50. The maximum atomic E-state index is 12.0. The average Bonchev–Trinajstić information content (AvgIpc) is 3.06. The van der Waals surface area contributed by atoms with Crippen molar-refractivity contribution in [3.8, 4) is 11.1 Å². The summed E-state index contributed by atoms with van der Waals surface area (Å²) >= 11 is 3.69. The molecule has 0 N–H and O–H groups in total. The fraction of sp³-hybridized carbons (Fsp3) is 0.0417. The standard InChI is InChI=1S/C24H15BrO2/c1-14(26)16-6-2-3-7-17(16)15-10-11-19-21-13-22(25)18-8-4-5-9-20(18)24(21)27-23(19)12-15/h2-13H,1H3. The largest absolute Gasteiger partial charge is 0.455 e. The van der Waals surface area contributed by atoms with Crippen LogP contribution in [0.3, 0.4) is 0 Å². The van der Waals surface area contributed by atoms with Crippen molar-refractivity contribution >= 4 is 54.4 Å².